The van der Waals surface area contributed by atoms with Gasteiger partial charge < -0.3 is 5.73 Å². The zero-order chi connectivity index (χ0) is 10.6. The van der Waals surface area contributed by atoms with Crippen LogP contribution in [0.1, 0.15) is 24.1 Å². The van der Waals surface area contributed by atoms with Gasteiger partial charge in [-0.1, -0.05) is 6.07 Å². The van der Waals surface area contributed by atoms with E-state index in [9.17, 15) is 0 Å². The van der Waals surface area contributed by atoms with Crippen LogP contribution in [0.2, 0.25) is 0 Å². The molecule has 3 rings (SSSR count). The maximum atomic E-state index is 6.19. The second-order valence-corrected chi connectivity index (χ2v) is 4.60. The fourth-order valence-electron chi connectivity index (χ4n) is 2.06. The Balaban J connectivity index is 2.25. The number of benzene rings is 1. The van der Waals surface area contributed by atoms with E-state index in [2.05, 4.69) is 30.2 Å². The van der Waals surface area contributed by atoms with Crippen LogP contribution in [-0.4, -0.2) is 9.78 Å². The maximum Gasteiger partial charge on any atom is 0.0926 e. The van der Waals surface area contributed by atoms with E-state index in [4.69, 9.17) is 5.73 Å². The molecule has 1 aromatic heterocycles. The highest BCUT2D eigenvalue weighted by molar-refractivity contribution is 5.82. The molecule has 1 aromatic carbocycles. The molecular weight excluding hydrogens is 186 g/mol. The van der Waals surface area contributed by atoms with Gasteiger partial charge in [0.25, 0.3) is 0 Å². The number of aryl methyl sites for hydroxylation is 2. The molecule has 0 radical (unpaired) electrons. The molecule has 1 fully saturated rings. The largest absolute Gasteiger partial charge is 0.321 e. The van der Waals surface area contributed by atoms with Crippen molar-refractivity contribution in [2.75, 3.05) is 0 Å². The quantitative estimate of drug-likeness (QED) is 0.765. The van der Waals surface area contributed by atoms with Crippen molar-refractivity contribution in [1.29, 1.82) is 0 Å². The zero-order valence-electron chi connectivity index (χ0n) is 9.12. The van der Waals surface area contributed by atoms with Gasteiger partial charge in [-0.2, -0.15) is 5.10 Å². The van der Waals surface area contributed by atoms with Crippen LogP contribution in [0.4, 0.5) is 0 Å². The van der Waals surface area contributed by atoms with Gasteiger partial charge in [0.2, 0.25) is 0 Å². The number of rotatable bonds is 1. The molecule has 1 aliphatic rings. The highest BCUT2D eigenvalue weighted by Crippen LogP contribution is 2.43. The van der Waals surface area contributed by atoms with Crippen LogP contribution in [0.3, 0.4) is 0 Å². The first-order chi connectivity index (χ1) is 7.10. The van der Waals surface area contributed by atoms with E-state index < -0.39 is 0 Å². The van der Waals surface area contributed by atoms with Gasteiger partial charge in [-0.15, -0.1) is 0 Å². The number of nitrogens with two attached hydrogens (primary N) is 1. The monoisotopic (exact) mass is 201 g/mol. The van der Waals surface area contributed by atoms with Crippen molar-refractivity contribution in [3.05, 3.63) is 29.5 Å². The molecule has 0 unspecified atom stereocenters. The van der Waals surface area contributed by atoms with E-state index in [1.807, 2.05) is 11.7 Å². The third-order valence-electron chi connectivity index (χ3n) is 3.49. The Bertz CT molecular complexity index is 535. The average Bonchev–Trinajstić information content (AvgIpc) is 2.90. The van der Waals surface area contributed by atoms with Gasteiger partial charge in [0, 0.05) is 23.7 Å². The Labute approximate surface area is 88.9 Å². The summed E-state index contributed by atoms with van der Waals surface area (Å²) in [6, 6.07) is 6.39. The number of hydrogen-bond acceptors (Lipinski definition) is 2. The lowest BCUT2D eigenvalue weighted by Crippen LogP contribution is -2.18. The van der Waals surface area contributed by atoms with E-state index in [0.29, 0.717) is 0 Å². The first kappa shape index (κ1) is 8.92. The van der Waals surface area contributed by atoms with Gasteiger partial charge in [-0.05, 0) is 37.5 Å². The first-order valence-corrected chi connectivity index (χ1v) is 5.33. The SMILES string of the molecule is Cc1c2cc(C3(N)CC3)ccc2nn1C. The minimum atomic E-state index is -0.0452. The van der Waals surface area contributed by atoms with Crippen LogP contribution in [0, 0.1) is 6.92 Å². The van der Waals surface area contributed by atoms with Crippen LogP contribution in [0.15, 0.2) is 18.2 Å². The van der Waals surface area contributed by atoms with Crippen LogP contribution >= 0.6 is 0 Å². The second kappa shape index (κ2) is 2.61. The molecule has 3 heteroatoms. The molecule has 0 atom stereocenters. The van der Waals surface area contributed by atoms with Gasteiger partial charge in [0.1, 0.15) is 0 Å². The van der Waals surface area contributed by atoms with Crippen molar-refractivity contribution in [1.82, 2.24) is 9.78 Å². The highest BCUT2D eigenvalue weighted by atomic mass is 15.3. The Kier molecular flexibility index (Phi) is 1.55. The normalized spacial score (nSPS) is 18.3. The van der Waals surface area contributed by atoms with Gasteiger partial charge in [0.05, 0.1) is 5.52 Å². The van der Waals surface area contributed by atoms with Crippen LogP contribution < -0.4 is 5.73 Å². The predicted octanol–water partition coefficient (Wildman–Crippen LogP) is 1.83. The smallest absolute Gasteiger partial charge is 0.0926 e. The minimum Gasteiger partial charge on any atom is -0.321 e. The molecule has 78 valence electrons. The van der Waals surface area contributed by atoms with Crippen molar-refractivity contribution in [3.63, 3.8) is 0 Å². The Morgan fingerprint density at radius 3 is 2.80 bits per heavy atom. The summed E-state index contributed by atoms with van der Waals surface area (Å²) in [4.78, 5) is 0. The van der Waals surface area contributed by atoms with Crippen molar-refractivity contribution in [3.8, 4) is 0 Å². The summed E-state index contributed by atoms with van der Waals surface area (Å²) >= 11 is 0. The Morgan fingerprint density at radius 2 is 2.13 bits per heavy atom. The second-order valence-electron chi connectivity index (χ2n) is 4.60. The molecule has 0 saturated heterocycles. The lowest BCUT2D eigenvalue weighted by Gasteiger charge is -2.08. The van der Waals surface area contributed by atoms with Gasteiger partial charge in [-0.3, -0.25) is 4.68 Å². The molecule has 1 heterocycles. The molecule has 2 N–H and O–H groups in total. The molecule has 1 saturated carbocycles. The van der Waals surface area contributed by atoms with E-state index in [0.717, 1.165) is 18.4 Å². The molecule has 0 aliphatic heterocycles. The summed E-state index contributed by atoms with van der Waals surface area (Å²) in [6.45, 7) is 2.09. The topological polar surface area (TPSA) is 43.8 Å². The third kappa shape index (κ3) is 1.20. The molecule has 0 spiro atoms. The lowest BCUT2D eigenvalue weighted by molar-refractivity contribution is 0.741. The summed E-state index contributed by atoms with van der Waals surface area (Å²) in [6.07, 6.45) is 2.22. The summed E-state index contributed by atoms with van der Waals surface area (Å²) in [5.74, 6) is 0. The van der Waals surface area contributed by atoms with Crippen molar-refractivity contribution in [2.45, 2.75) is 25.3 Å². The summed E-state index contributed by atoms with van der Waals surface area (Å²) < 4.78 is 1.92. The summed E-state index contributed by atoms with van der Waals surface area (Å²) in [7, 11) is 1.98. The van der Waals surface area contributed by atoms with Crippen LogP contribution in [0.25, 0.3) is 10.9 Å². The van der Waals surface area contributed by atoms with Crippen molar-refractivity contribution >= 4 is 10.9 Å². The number of hydrogen-bond donors (Lipinski definition) is 1. The highest BCUT2D eigenvalue weighted by Gasteiger charge is 2.40. The standard InChI is InChI=1S/C12H15N3/c1-8-10-7-9(12(13)5-6-12)3-4-11(10)14-15(8)2/h3-4,7H,5-6,13H2,1-2H3. The number of fused-ring (bicyclic) bond motifs is 1. The van der Waals surface area contributed by atoms with Crippen molar-refractivity contribution in [2.24, 2.45) is 12.8 Å². The van der Waals surface area contributed by atoms with Gasteiger partial charge in [-0.25, -0.2) is 0 Å². The Hall–Kier alpha value is -1.35. The lowest BCUT2D eigenvalue weighted by atomic mass is 10.0. The summed E-state index contributed by atoms with van der Waals surface area (Å²) in [5, 5.41) is 5.66. The van der Waals surface area contributed by atoms with E-state index in [1.54, 1.807) is 0 Å². The summed E-state index contributed by atoms with van der Waals surface area (Å²) in [5.41, 5.74) is 9.66. The Morgan fingerprint density at radius 1 is 1.40 bits per heavy atom. The predicted molar refractivity (Wildman–Crippen MR) is 60.6 cm³/mol. The van der Waals surface area contributed by atoms with E-state index in [1.165, 1.54) is 16.6 Å². The average molecular weight is 201 g/mol. The first-order valence-electron chi connectivity index (χ1n) is 5.33. The molecular formula is C12H15N3. The molecule has 0 bridgehead atoms. The fourth-order valence-corrected chi connectivity index (χ4v) is 2.06. The van der Waals surface area contributed by atoms with Crippen LogP contribution in [-0.2, 0) is 12.6 Å². The molecule has 0 amide bonds. The van der Waals surface area contributed by atoms with E-state index >= 15 is 0 Å². The fraction of sp³-hybridized carbons (Fsp3) is 0.417. The van der Waals surface area contributed by atoms with Crippen LogP contribution in [0.5, 0.6) is 0 Å². The molecule has 1 aliphatic carbocycles. The van der Waals surface area contributed by atoms with Crippen molar-refractivity contribution < 1.29 is 0 Å². The number of aromatic nitrogens is 2. The van der Waals surface area contributed by atoms with Gasteiger partial charge in [0.15, 0.2) is 0 Å². The van der Waals surface area contributed by atoms with Gasteiger partial charge >= 0.3 is 0 Å². The zero-order valence-corrected chi connectivity index (χ0v) is 9.12. The number of nitrogens with zero attached hydrogens (tertiary/aromatic N) is 2. The molecule has 3 nitrogen and oxygen atoms in total. The van der Waals surface area contributed by atoms with E-state index in [-0.39, 0.29) is 5.54 Å². The third-order valence-corrected chi connectivity index (χ3v) is 3.49. The maximum absolute atomic E-state index is 6.19. The molecule has 15 heavy (non-hydrogen) atoms. The molecule has 2 aromatic rings. The minimum absolute atomic E-state index is 0.0452.